The number of hydrogen-bond acceptors (Lipinski definition) is 4. The summed E-state index contributed by atoms with van der Waals surface area (Å²) < 4.78 is 28.8. The summed E-state index contributed by atoms with van der Waals surface area (Å²) in [6.07, 6.45) is 2.47. The first-order chi connectivity index (χ1) is 11.1. The van der Waals surface area contributed by atoms with E-state index >= 15 is 0 Å². The highest BCUT2D eigenvalue weighted by Crippen LogP contribution is 2.35. The maximum atomic E-state index is 12.5. The number of hydrogen-bond donors (Lipinski definition) is 0. The quantitative estimate of drug-likeness (QED) is 0.858. The molecule has 2 bridgehead atoms. The molecule has 6 nitrogen and oxygen atoms in total. The molecule has 4 rings (SSSR count). The van der Waals surface area contributed by atoms with Crippen molar-refractivity contribution in [3.63, 3.8) is 0 Å². The Labute approximate surface area is 136 Å². The molecule has 1 saturated heterocycles. The normalized spacial score (nSPS) is 24.4. The molecule has 1 aromatic carbocycles. The van der Waals surface area contributed by atoms with E-state index in [1.807, 2.05) is 30.3 Å². The zero-order valence-electron chi connectivity index (χ0n) is 13.1. The predicted molar refractivity (Wildman–Crippen MR) is 87.3 cm³/mol. The lowest BCUT2D eigenvalue weighted by Gasteiger charge is -2.26. The van der Waals surface area contributed by atoms with Crippen LogP contribution in [0.3, 0.4) is 0 Å². The highest BCUT2D eigenvalue weighted by Gasteiger charge is 2.44. The summed E-state index contributed by atoms with van der Waals surface area (Å²) in [4.78, 5) is 0. The fraction of sp³-hybridized carbons (Fsp3) is 0.500. The molecule has 0 aliphatic carbocycles. The van der Waals surface area contributed by atoms with Gasteiger partial charge in [0, 0.05) is 30.6 Å². The second-order valence-electron chi connectivity index (χ2n) is 6.24. The topological polar surface area (TPSA) is 68.1 Å². The fourth-order valence-corrected chi connectivity index (χ4v) is 5.36. The number of rotatable bonds is 3. The van der Waals surface area contributed by atoms with Crippen molar-refractivity contribution in [2.45, 2.75) is 44.8 Å². The maximum absolute atomic E-state index is 12.5. The Kier molecular flexibility index (Phi) is 3.50. The van der Waals surface area contributed by atoms with Gasteiger partial charge in [-0.3, -0.25) is 0 Å². The van der Waals surface area contributed by atoms with Crippen LogP contribution in [0.4, 0.5) is 0 Å². The van der Waals surface area contributed by atoms with Gasteiger partial charge in [0.2, 0.25) is 10.0 Å². The Morgan fingerprint density at radius 1 is 1.13 bits per heavy atom. The molecule has 23 heavy (non-hydrogen) atoms. The van der Waals surface area contributed by atoms with Gasteiger partial charge >= 0.3 is 0 Å². The Morgan fingerprint density at radius 2 is 1.87 bits per heavy atom. The fourth-order valence-electron chi connectivity index (χ4n) is 3.80. The van der Waals surface area contributed by atoms with E-state index in [4.69, 9.17) is 0 Å². The van der Waals surface area contributed by atoms with E-state index in [9.17, 15) is 8.42 Å². The van der Waals surface area contributed by atoms with Crippen molar-refractivity contribution in [2.24, 2.45) is 0 Å². The molecule has 7 heteroatoms. The molecule has 0 amide bonds. The first-order valence-electron chi connectivity index (χ1n) is 8.09. The molecule has 1 fully saturated rings. The minimum Gasteiger partial charge on any atom is -0.309 e. The van der Waals surface area contributed by atoms with Crippen molar-refractivity contribution in [3.05, 3.63) is 36.2 Å². The Morgan fingerprint density at radius 3 is 2.61 bits per heavy atom. The standard InChI is InChI=1S/C16H20N4O2S/c1-2-23(21,22)20-13-8-9-14(20)11-19-15(10-13)17-18-16(19)12-6-4-3-5-7-12/h3-7,13-14H,2,8-11H2,1H3/t13-,14+/m0/s1. The lowest BCUT2D eigenvalue weighted by Crippen LogP contribution is -2.42. The van der Waals surface area contributed by atoms with Gasteiger partial charge < -0.3 is 4.57 Å². The van der Waals surface area contributed by atoms with Crippen LogP contribution in [0.1, 0.15) is 25.6 Å². The third kappa shape index (κ3) is 2.38. The maximum Gasteiger partial charge on any atom is 0.214 e. The van der Waals surface area contributed by atoms with Gasteiger partial charge in [0.05, 0.1) is 5.75 Å². The summed E-state index contributed by atoms with van der Waals surface area (Å²) >= 11 is 0. The number of nitrogens with zero attached hydrogens (tertiary/aromatic N) is 4. The predicted octanol–water partition coefficient (Wildman–Crippen LogP) is 1.68. The first kappa shape index (κ1) is 14.8. The summed E-state index contributed by atoms with van der Waals surface area (Å²) in [7, 11) is -3.18. The summed E-state index contributed by atoms with van der Waals surface area (Å²) in [6, 6.07) is 10.0. The monoisotopic (exact) mass is 332 g/mol. The minimum atomic E-state index is -3.18. The number of aromatic nitrogens is 3. The van der Waals surface area contributed by atoms with E-state index in [2.05, 4.69) is 14.8 Å². The van der Waals surface area contributed by atoms with Gasteiger partial charge in [-0.1, -0.05) is 30.3 Å². The van der Waals surface area contributed by atoms with Crippen LogP contribution in [-0.2, 0) is 23.0 Å². The Balaban J connectivity index is 1.75. The van der Waals surface area contributed by atoms with Gasteiger partial charge in [0.1, 0.15) is 5.82 Å². The molecule has 0 radical (unpaired) electrons. The van der Waals surface area contributed by atoms with Crippen molar-refractivity contribution >= 4 is 10.0 Å². The molecular weight excluding hydrogens is 312 g/mol. The molecule has 2 aliphatic heterocycles. The van der Waals surface area contributed by atoms with Crippen LogP contribution in [0.25, 0.3) is 11.4 Å². The van der Waals surface area contributed by atoms with E-state index in [1.165, 1.54) is 0 Å². The van der Waals surface area contributed by atoms with E-state index < -0.39 is 10.0 Å². The minimum absolute atomic E-state index is 0.0182. The molecule has 122 valence electrons. The van der Waals surface area contributed by atoms with Gasteiger partial charge in [-0.25, -0.2) is 8.42 Å². The van der Waals surface area contributed by atoms with E-state index in [0.29, 0.717) is 13.0 Å². The molecule has 0 unspecified atom stereocenters. The molecule has 1 aromatic heterocycles. The van der Waals surface area contributed by atoms with E-state index in [-0.39, 0.29) is 17.8 Å². The number of fused-ring (bicyclic) bond motifs is 3. The summed E-state index contributed by atoms with van der Waals surface area (Å²) in [5, 5.41) is 8.70. The molecule has 2 aromatic rings. The average Bonchev–Trinajstić information content (AvgIpc) is 3.08. The van der Waals surface area contributed by atoms with Gasteiger partial charge in [0.15, 0.2) is 5.82 Å². The van der Waals surface area contributed by atoms with Crippen LogP contribution in [0.2, 0.25) is 0 Å². The van der Waals surface area contributed by atoms with Crippen molar-refractivity contribution in [1.82, 2.24) is 19.1 Å². The average molecular weight is 332 g/mol. The largest absolute Gasteiger partial charge is 0.309 e. The van der Waals surface area contributed by atoms with Crippen molar-refractivity contribution < 1.29 is 8.42 Å². The Bertz CT molecular complexity index is 816. The third-order valence-electron chi connectivity index (χ3n) is 4.91. The molecule has 0 spiro atoms. The summed E-state index contributed by atoms with van der Waals surface area (Å²) in [6.45, 7) is 2.36. The lowest BCUT2D eigenvalue weighted by molar-refractivity contribution is 0.316. The van der Waals surface area contributed by atoms with Crippen LogP contribution in [0, 0.1) is 0 Å². The molecule has 2 aliphatic rings. The van der Waals surface area contributed by atoms with Crippen LogP contribution >= 0.6 is 0 Å². The van der Waals surface area contributed by atoms with Crippen LogP contribution < -0.4 is 0 Å². The summed E-state index contributed by atoms with van der Waals surface area (Å²) in [5.41, 5.74) is 1.02. The van der Waals surface area contributed by atoms with E-state index in [1.54, 1.807) is 11.2 Å². The molecule has 0 N–H and O–H groups in total. The van der Waals surface area contributed by atoms with Crippen LogP contribution in [-0.4, -0.2) is 45.3 Å². The lowest BCUT2D eigenvalue weighted by atomic mass is 10.1. The second-order valence-corrected chi connectivity index (χ2v) is 8.40. The Hall–Kier alpha value is -1.73. The van der Waals surface area contributed by atoms with Gasteiger partial charge in [-0.15, -0.1) is 10.2 Å². The van der Waals surface area contributed by atoms with Crippen molar-refractivity contribution in [3.8, 4) is 11.4 Å². The second kappa shape index (κ2) is 5.42. The summed E-state index contributed by atoms with van der Waals surface area (Å²) in [5.74, 6) is 1.89. The number of sulfonamides is 1. The SMILES string of the molecule is CCS(=O)(=O)N1[C@@H]2CC[C@H]1Cc1nnc(-c3ccccc3)n1C2. The van der Waals surface area contributed by atoms with Crippen LogP contribution in [0.15, 0.2) is 30.3 Å². The first-order valence-corrected chi connectivity index (χ1v) is 9.70. The van der Waals surface area contributed by atoms with Gasteiger partial charge in [-0.2, -0.15) is 4.31 Å². The molecule has 0 saturated carbocycles. The van der Waals surface area contributed by atoms with E-state index in [0.717, 1.165) is 30.1 Å². The van der Waals surface area contributed by atoms with Crippen molar-refractivity contribution in [2.75, 3.05) is 5.75 Å². The van der Waals surface area contributed by atoms with Gasteiger partial charge in [-0.05, 0) is 19.8 Å². The van der Waals surface area contributed by atoms with Crippen LogP contribution in [0.5, 0.6) is 0 Å². The highest BCUT2D eigenvalue weighted by molar-refractivity contribution is 7.89. The molecule has 3 heterocycles. The molecule has 2 atom stereocenters. The number of benzene rings is 1. The molecular formula is C16H20N4O2S. The van der Waals surface area contributed by atoms with Gasteiger partial charge in [0.25, 0.3) is 0 Å². The zero-order chi connectivity index (χ0) is 16.0. The highest BCUT2D eigenvalue weighted by atomic mass is 32.2. The zero-order valence-corrected chi connectivity index (χ0v) is 13.9. The smallest absolute Gasteiger partial charge is 0.214 e. The third-order valence-corrected chi connectivity index (χ3v) is 6.88. The van der Waals surface area contributed by atoms with Crippen molar-refractivity contribution in [1.29, 1.82) is 0 Å².